The lowest BCUT2D eigenvalue weighted by Crippen LogP contribution is -2.06. The Morgan fingerprint density at radius 3 is 2.85 bits per heavy atom. The second kappa shape index (κ2) is 5.00. The van der Waals surface area contributed by atoms with E-state index in [9.17, 15) is 0 Å². The molecule has 0 unspecified atom stereocenters. The van der Waals surface area contributed by atoms with Gasteiger partial charge in [0.05, 0.1) is 0 Å². The summed E-state index contributed by atoms with van der Waals surface area (Å²) in [4.78, 5) is 0. The van der Waals surface area contributed by atoms with Crippen molar-refractivity contribution in [3.05, 3.63) is 12.2 Å². The highest BCUT2D eigenvalue weighted by atomic mass is 15.3. The van der Waals surface area contributed by atoms with E-state index in [1.54, 1.807) is 0 Å². The lowest BCUT2D eigenvalue weighted by Gasteiger charge is -2.06. The molecule has 1 aromatic heterocycles. The van der Waals surface area contributed by atoms with Crippen molar-refractivity contribution < 1.29 is 0 Å². The molecule has 0 atom stereocenters. The fourth-order valence-electron chi connectivity index (χ4n) is 1.32. The minimum Gasteiger partial charge on any atom is -0.318 e. The van der Waals surface area contributed by atoms with E-state index in [4.69, 9.17) is 0 Å². The summed E-state index contributed by atoms with van der Waals surface area (Å²) in [6.07, 6.45) is 5.31. The number of aryl methyl sites for hydroxylation is 1. The smallest absolute Gasteiger partial charge is 0.133 e. The molecule has 0 saturated heterocycles. The average Bonchev–Trinajstić information content (AvgIpc) is 2.48. The first-order valence-corrected chi connectivity index (χ1v) is 5.10. The van der Waals surface area contributed by atoms with Crippen molar-refractivity contribution in [2.45, 2.75) is 46.6 Å². The minimum absolute atomic E-state index is 0.657. The quantitative estimate of drug-likeness (QED) is 0.697. The lowest BCUT2D eigenvalue weighted by atomic mass is 10.1. The molecule has 3 nitrogen and oxygen atoms in total. The van der Waals surface area contributed by atoms with Gasteiger partial charge in [-0.1, -0.05) is 27.2 Å². The van der Waals surface area contributed by atoms with Crippen LogP contribution in [0.3, 0.4) is 0 Å². The van der Waals surface area contributed by atoms with Gasteiger partial charge in [0.2, 0.25) is 0 Å². The van der Waals surface area contributed by atoms with Crippen LogP contribution in [0, 0.1) is 5.92 Å². The van der Waals surface area contributed by atoms with Gasteiger partial charge >= 0.3 is 0 Å². The Morgan fingerprint density at radius 2 is 2.23 bits per heavy atom. The van der Waals surface area contributed by atoms with E-state index in [0.717, 1.165) is 18.8 Å². The van der Waals surface area contributed by atoms with E-state index < -0.39 is 0 Å². The van der Waals surface area contributed by atoms with Gasteiger partial charge in [0.1, 0.15) is 12.2 Å². The molecule has 0 aliphatic carbocycles. The Kier molecular flexibility index (Phi) is 3.93. The lowest BCUT2D eigenvalue weighted by molar-refractivity contribution is 0.553. The maximum atomic E-state index is 4.12. The highest BCUT2D eigenvalue weighted by Crippen LogP contribution is 2.05. The zero-order valence-corrected chi connectivity index (χ0v) is 8.82. The van der Waals surface area contributed by atoms with Gasteiger partial charge in [0.25, 0.3) is 0 Å². The predicted molar refractivity (Wildman–Crippen MR) is 53.5 cm³/mol. The average molecular weight is 181 g/mol. The van der Waals surface area contributed by atoms with Crippen LogP contribution in [-0.4, -0.2) is 14.8 Å². The van der Waals surface area contributed by atoms with Crippen LogP contribution in [0.2, 0.25) is 0 Å². The van der Waals surface area contributed by atoms with E-state index in [2.05, 4.69) is 35.5 Å². The summed E-state index contributed by atoms with van der Waals surface area (Å²) in [5.74, 6) is 1.79. The second-order valence-corrected chi connectivity index (χ2v) is 3.89. The van der Waals surface area contributed by atoms with Crippen LogP contribution in [0.15, 0.2) is 6.33 Å². The Bertz CT molecular complexity index is 240. The SMILES string of the molecule is CCCCn1cnnc1CC(C)C. The molecule has 0 fully saturated rings. The van der Waals surface area contributed by atoms with Gasteiger partial charge in [0, 0.05) is 13.0 Å². The molecule has 0 aliphatic heterocycles. The van der Waals surface area contributed by atoms with Crippen LogP contribution in [-0.2, 0) is 13.0 Å². The molecule has 0 spiro atoms. The van der Waals surface area contributed by atoms with Crippen molar-refractivity contribution in [1.29, 1.82) is 0 Å². The molecule has 0 aliphatic rings. The van der Waals surface area contributed by atoms with Crippen molar-refractivity contribution >= 4 is 0 Å². The molecule has 74 valence electrons. The number of rotatable bonds is 5. The molecule has 1 rings (SSSR count). The molecule has 0 aromatic carbocycles. The van der Waals surface area contributed by atoms with Gasteiger partial charge in [-0.05, 0) is 12.3 Å². The normalized spacial score (nSPS) is 11.1. The van der Waals surface area contributed by atoms with E-state index in [0.29, 0.717) is 5.92 Å². The number of aromatic nitrogens is 3. The molecule has 0 radical (unpaired) electrons. The Balaban J connectivity index is 2.55. The number of unbranched alkanes of at least 4 members (excludes halogenated alkanes) is 1. The Hall–Kier alpha value is -0.860. The predicted octanol–water partition coefficient (Wildman–Crippen LogP) is 2.28. The summed E-state index contributed by atoms with van der Waals surface area (Å²) in [5, 5.41) is 8.06. The van der Waals surface area contributed by atoms with Crippen LogP contribution in [0.1, 0.15) is 39.4 Å². The van der Waals surface area contributed by atoms with Crippen LogP contribution in [0.5, 0.6) is 0 Å². The Morgan fingerprint density at radius 1 is 1.46 bits per heavy atom. The third kappa shape index (κ3) is 3.17. The fourth-order valence-corrected chi connectivity index (χ4v) is 1.32. The zero-order valence-electron chi connectivity index (χ0n) is 8.82. The van der Waals surface area contributed by atoms with Crippen molar-refractivity contribution in [3.63, 3.8) is 0 Å². The van der Waals surface area contributed by atoms with Crippen molar-refractivity contribution in [1.82, 2.24) is 14.8 Å². The van der Waals surface area contributed by atoms with Crippen LogP contribution < -0.4 is 0 Å². The second-order valence-electron chi connectivity index (χ2n) is 3.89. The van der Waals surface area contributed by atoms with Gasteiger partial charge in [-0.25, -0.2) is 0 Å². The molecular weight excluding hydrogens is 162 g/mol. The minimum atomic E-state index is 0.657. The van der Waals surface area contributed by atoms with Gasteiger partial charge in [-0.15, -0.1) is 10.2 Å². The summed E-state index contributed by atoms with van der Waals surface area (Å²) < 4.78 is 2.17. The summed E-state index contributed by atoms with van der Waals surface area (Å²) in [6.45, 7) is 7.68. The highest BCUT2D eigenvalue weighted by Gasteiger charge is 2.05. The molecule has 0 N–H and O–H groups in total. The zero-order chi connectivity index (χ0) is 9.68. The van der Waals surface area contributed by atoms with Crippen molar-refractivity contribution in [3.8, 4) is 0 Å². The molecular formula is C10H19N3. The van der Waals surface area contributed by atoms with Gasteiger partial charge < -0.3 is 4.57 Å². The van der Waals surface area contributed by atoms with Crippen molar-refractivity contribution in [2.75, 3.05) is 0 Å². The molecule has 1 aromatic rings. The van der Waals surface area contributed by atoms with E-state index >= 15 is 0 Å². The summed E-state index contributed by atoms with van der Waals surface area (Å²) in [5.41, 5.74) is 0. The largest absolute Gasteiger partial charge is 0.318 e. The molecule has 1 heterocycles. The van der Waals surface area contributed by atoms with Crippen LogP contribution >= 0.6 is 0 Å². The standard InChI is InChI=1S/C10H19N3/c1-4-5-6-13-8-11-12-10(13)7-9(2)3/h8-9H,4-7H2,1-3H3. The summed E-state index contributed by atoms with van der Waals surface area (Å²) >= 11 is 0. The number of hydrogen-bond acceptors (Lipinski definition) is 2. The van der Waals surface area contributed by atoms with Crippen molar-refractivity contribution in [2.24, 2.45) is 5.92 Å². The first kappa shape index (κ1) is 10.2. The molecule has 13 heavy (non-hydrogen) atoms. The first-order valence-electron chi connectivity index (χ1n) is 5.10. The van der Waals surface area contributed by atoms with Crippen LogP contribution in [0.25, 0.3) is 0 Å². The molecule has 0 saturated carbocycles. The highest BCUT2D eigenvalue weighted by molar-refractivity contribution is 4.86. The maximum absolute atomic E-state index is 4.12. The third-order valence-electron chi connectivity index (χ3n) is 2.04. The van der Waals surface area contributed by atoms with Gasteiger partial charge in [0.15, 0.2) is 0 Å². The number of nitrogens with zero attached hydrogens (tertiary/aromatic N) is 3. The summed E-state index contributed by atoms with van der Waals surface area (Å²) in [6, 6.07) is 0. The summed E-state index contributed by atoms with van der Waals surface area (Å²) in [7, 11) is 0. The van der Waals surface area contributed by atoms with E-state index in [1.165, 1.54) is 12.8 Å². The van der Waals surface area contributed by atoms with Gasteiger partial charge in [-0.3, -0.25) is 0 Å². The Labute approximate surface area is 80.2 Å². The van der Waals surface area contributed by atoms with Gasteiger partial charge in [-0.2, -0.15) is 0 Å². The molecule has 0 amide bonds. The third-order valence-corrected chi connectivity index (χ3v) is 2.04. The number of hydrogen-bond donors (Lipinski definition) is 0. The maximum Gasteiger partial charge on any atom is 0.133 e. The van der Waals surface area contributed by atoms with Crippen LogP contribution in [0.4, 0.5) is 0 Å². The first-order chi connectivity index (χ1) is 6.24. The molecule has 3 heteroatoms. The topological polar surface area (TPSA) is 30.7 Å². The van der Waals surface area contributed by atoms with E-state index in [-0.39, 0.29) is 0 Å². The fraction of sp³-hybridized carbons (Fsp3) is 0.800. The van der Waals surface area contributed by atoms with E-state index in [1.807, 2.05) is 6.33 Å². The monoisotopic (exact) mass is 181 g/mol. The molecule has 0 bridgehead atoms.